The summed E-state index contributed by atoms with van der Waals surface area (Å²) < 4.78 is 1.41. The van der Waals surface area contributed by atoms with Gasteiger partial charge in [-0.2, -0.15) is 0 Å². The lowest BCUT2D eigenvalue weighted by atomic mass is 9.89. The molecule has 2 aromatic heterocycles. The Morgan fingerprint density at radius 1 is 1.37 bits per heavy atom. The van der Waals surface area contributed by atoms with Gasteiger partial charge in [-0.3, -0.25) is 19.0 Å². The number of aromatic nitrogens is 2. The zero-order chi connectivity index (χ0) is 19.1. The van der Waals surface area contributed by atoms with Gasteiger partial charge in [0.2, 0.25) is 11.8 Å². The van der Waals surface area contributed by atoms with Gasteiger partial charge in [-0.1, -0.05) is 6.92 Å². The van der Waals surface area contributed by atoms with Crippen LogP contribution in [0.3, 0.4) is 0 Å². The smallest absolute Gasteiger partial charge is 0.262 e. The van der Waals surface area contributed by atoms with Crippen LogP contribution >= 0.6 is 11.3 Å². The molecule has 1 aliphatic heterocycles. The molecule has 2 aromatic rings. The molecule has 8 heteroatoms. The van der Waals surface area contributed by atoms with Crippen LogP contribution in [-0.2, 0) is 29.0 Å². The zero-order valence-electron chi connectivity index (χ0n) is 15.4. The zero-order valence-corrected chi connectivity index (χ0v) is 16.3. The number of amides is 2. The van der Waals surface area contributed by atoms with Gasteiger partial charge in [0.15, 0.2) is 0 Å². The van der Waals surface area contributed by atoms with E-state index in [0.717, 1.165) is 36.1 Å². The minimum absolute atomic E-state index is 0.0473. The van der Waals surface area contributed by atoms with Gasteiger partial charge >= 0.3 is 0 Å². The molecule has 1 fully saturated rings. The molecule has 0 saturated carbocycles. The molecule has 2 aliphatic rings. The monoisotopic (exact) mass is 388 g/mol. The molecule has 1 aliphatic carbocycles. The molecule has 0 spiro atoms. The number of piperidine rings is 1. The van der Waals surface area contributed by atoms with Crippen LogP contribution in [0.5, 0.6) is 0 Å². The normalized spacial score (nSPS) is 22.6. The number of hydrogen-bond acceptors (Lipinski definition) is 5. The fraction of sp³-hybridized carbons (Fsp3) is 0.579. The fourth-order valence-corrected chi connectivity index (χ4v) is 5.50. The van der Waals surface area contributed by atoms with Crippen molar-refractivity contribution in [1.82, 2.24) is 14.5 Å². The number of carbonyl (C=O) groups excluding carboxylic acids is 2. The molecule has 144 valence electrons. The third-order valence-corrected chi connectivity index (χ3v) is 6.93. The Morgan fingerprint density at radius 2 is 2.19 bits per heavy atom. The van der Waals surface area contributed by atoms with E-state index in [1.54, 1.807) is 16.2 Å². The summed E-state index contributed by atoms with van der Waals surface area (Å²) in [5, 5.41) is 0.686. The van der Waals surface area contributed by atoms with Gasteiger partial charge in [0.25, 0.3) is 5.56 Å². The second kappa shape index (κ2) is 7.07. The molecule has 0 unspecified atom stereocenters. The molecule has 0 bridgehead atoms. The van der Waals surface area contributed by atoms with E-state index in [9.17, 15) is 14.4 Å². The molecule has 0 aromatic carbocycles. The Hall–Kier alpha value is -2.22. The summed E-state index contributed by atoms with van der Waals surface area (Å²) in [6, 6.07) is 0. The van der Waals surface area contributed by atoms with Crippen molar-refractivity contribution in [2.75, 3.05) is 13.1 Å². The maximum absolute atomic E-state index is 13.0. The van der Waals surface area contributed by atoms with Crippen LogP contribution in [0.2, 0.25) is 0 Å². The van der Waals surface area contributed by atoms with Crippen LogP contribution in [0.15, 0.2) is 11.1 Å². The number of likely N-dealkylation sites (tertiary alicyclic amines) is 1. The number of primary amides is 1. The first-order chi connectivity index (χ1) is 12.9. The molecule has 0 radical (unpaired) electrons. The summed E-state index contributed by atoms with van der Waals surface area (Å²) in [6.07, 6.45) is 5.92. The van der Waals surface area contributed by atoms with Crippen molar-refractivity contribution in [3.05, 3.63) is 27.1 Å². The van der Waals surface area contributed by atoms with Crippen molar-refractivity contribution in [3.63, 3.8) is 0 Å². The predicted octanol–water partition coefficient (Wildman–Crippen LogP) is 1.31. The first-order valence-electron chi connectivity index (χ1n) is 9.50. The quantitative estimate of drug-likeness (QED) is 0.857. The van der Waals surface area contributed by atoms with E-state index in [1.165, 1.54) is 15.8 Å². The second-order valence-electron chi connectivity index (χ2n) is 7.79. The van der Waals surface area contributed by atoms with Gasteiger partial charge in [-0.15, -0.1) is 11.3 Å². The highest BCUT2D eigenvalue weighted by Crippen LogP contribution is 2.35. The SMILES string of the molecule is C[C@H]1CCc2c(sc3ncn(CC(=O)N4CCC[C@@H](C(N)=O)C4)c(=O)c23)C1. The Labute approximate surface area is 161 Å². The average molecular weight is 388 g/mol. The van der Waals surface area contributed by atoms with Crippen LogP contribution < -0.4 is 11.3 Å². The fourth-order valence-electron chi connectivity index (χ4n) is 4.16. The Kier molecular flexibility index (Phi) is 4.75. The van der Waals surface area contributed by atoms with Gasteiger partial charge in [0.1, 0.15) is 11.4 Å². The number of aryl methyl sites for hydroxylation is 1. The van der Waals surface area contributed by atoms with Crippen molar-refractivity contribution in [1.29, 1.82) is 0 Å². The minimum Gasteiger partial charge on any atom is -0.369 e. The maximum atomic E-state index is 13.0. The molecular weight excluding hydrogens is 364 g/mol. The van der Waals surface area contributed by atoms with Crippen molar-refractivity contribution in [3.8, 4) is 0 Å². The van der Waals surface area contributed by atoms with Crippen LogP contribution in [0.1, 0.15) is 36.6 Å². The van der Waals surface area contributed by atoms with E-state index in [4.69, 9.17) is 5.73 Å². The van der Waals surface area contributed by atoms with E-state index in [1.807, 2.05) is 0 Å². The van der Waals surface area contributed by atoms with Crippen LogP contribution in [0.4, 0.5) is 0 Å². The lowest BCUT2D eigenvalue weighted by Crippen LogP contribution is -2.46. The van der Waals surface area contributed by atoms with Crippen molar-refractivity contribution >= 4 is 33.4 Å². The Balaban J connectivity index is 1.59. The lowest BCUT2D eigenvalue weighted by Gasteiger charge is -2.31. The number of fused-ring (bicyclic) bond motifs is 3. The summed E-state index contributed by atoms with van der Waals surface area (Å²) in [4.78, 5) is 45.3. The molecular formula is C19H24N4O3S. The predicted molar refractivity (Wildman–Crippen MR) is 104 cm³/mol. The lowest BCUT2D eigenvalue weighted by molar-refractivity contribution is -0.135. The Morgan fingerprint density at radius 3 is 2.96 bits per heavy atom. The number of nitrogens with zero attached hydrogens (tertiary/aromatic N) is 3. The van der Waals surface area contributed by atoms with Crippen molar-refractivity contribution in [2.45, 2.75) is 45.6 Å². The number of hydrogen-bond donors (Lipinski definition) is 1. The van der Waals surface area contributed by atoms with Crippen LogP contribution in [0.25, 0.3) is 10.2 Å². The van der Waals surface area contributed by atoms with Gasteiger partial charge in [-0.05, 0) is 43.6 Å². The Bertz CT molecular complexity index is 964. The second-order valence-corrected chi connectivity index (χ2v) is 8.87. The van der Waals surface area contributed by atoms with Crippen LogP contribution in [-0.4, -0.2) is 39.4 Å². The van der Waals surface area contributed by atoms with Gasteiger partial charge in [-0.25, -0.2) is 4.98 Å². The van der Waals surface area contributed by atoms with Gasteiger partial charge in [0, 0.05) is 18.0 Å². The van der Waals surface area contributed by atoms with Crippen molar-refractivity contribution < 1.29 is 9.59 Å². The minimum atomic E-state index is -0.369. The third kappa shape index (κ3) is 3.38. The highest BCUT2D eigenvalue weighted by atomic mass is 32.1. The molecule has 1 saturated heterocycles. The summed E-state index contributed by atoms with van der Waals surface area (Å²) in [7, 11) is 0. The third-order valence-electron chi connectivity index (χ3n) is 5.76. The van der Waals surface area contributed by atoms with Crippen molar-refractivity contribution in [2.24, 2.45) is 17.6 Å². The highest BCUT2D eigenvalue weighted by Gasteiger charge is 2.28. The molecule has 2 atom stereocenters. The summed E-state index contributed by atoms with van der Waals surface area (Å²) in [5.74, 6) is -0.202. The first kappa shape index (κ1) is 18.2. The molecule has 7 nitrogen and oxygen atoms in total. The van der Waals surface area contributed by atoms with E-state index in [0.29, 0.717) is 30.8 Å². The van der Waals surface area contributed by atoms with Gasteiger partial charge < -0.3 is 10.6 Å². The molecule has 4 rings (SSSR count). The molecule has 2 N–H and O–H groups in total. The molecule has 2 amide bonds. The standard InChI is InChI=1S/C19H24N4O3S/c1-11-4-5-13-14(7-11)27-18-16(13)19(26)23(10-21-18)9-15(24)22-6-2-3-12(8-22)17(20)25/h10-12H,2-9H2,1H3,(H2,20,25)/t11-,12+/m0/s1. The topological polar surface area (TPSA) is 98.3 Å². The summed E-state index contributed by atoms with van der Waals surface area (Å²) in [6.45, 7) is 3.12. The number of rotatable bonds is 3. The molecule has 3 heterocycles. The van der Waals surface area contributed by atoms with E-state index in [2.05, 4.69) is 11.9 Å². The molecule has 27 heavy (non-hydrogen) atoms. The van der Waals surface area contributed by atoms with E-state index < -0.39 is 0 Å². The summed E-state index contributed by atoms with van der Waals surface area (Å²) >= 11 is 1.61. The van der Waals surface area contributed by atoms with E-state index in [-0.39, 0.29) is 29.8 Å². The maximum Gasteiger partial charge on any atom is 0.262 e. The van der Waals surface area contributed by atoms with Gasteiger partial charge in [0.05, 0.1) is 17.6 Å². The van der Waals surface area contributed by atoms with E-state index >= 15 is 0 Å². The number of carbonyl (C=O) groups is 2. The summed E-state index contributed by atoms with van der Waals surface area (Å²) in [5.41, 5.74) is 6.38. The first-order valence-corrected chi connectivity index (χ1v) is 10.3. The van der Waals surface area contributed by atoms with Crippen LogP contribution in [0, 0.1) is 11.8 Å². The highest BCUT2D eigenvalue weighted by molar-refractivity contribution is 7.18. The average Bonchev–Trinajstić information content (AvgIpc) is 3.02. The largest absolute Gasteiger partial charge is 0.369 e. The number of thiophene rings is 1. The number of nitrogens with two attached hydrogens (primary N) is 1.